The number of rotatable bonds is 2. The van der Waals surface area contributed by atoms with Crippen molar-refractivity contribution in [1.82, 2.24) is 9.78 Å². The van der Waals surface area contributed by atoms with Crippen LogP contribution in [0.4, 0.5) is 0 Å². The molecule has 6 heteroatoms. The zero-order valence-electron chi connectivity index (χ0n) is 9.58. The molecule has 0 amide bonds. The number of carbonyl (C=O) groups excluding carboxylic acids is 1. The van der Waals surface area contributed by atoms with Gasteiger partial charge in [0.05, 0.1) is 18.6 Å². The summed E-state index contributed by atoms with van der Waals surface area (Å²) in [6.07, 6.45) is 0. The summed E-state index contributed by atoms with van der Waals surface area (Å²) in [4.78, 5) is 23.6. The molecule has 0 saturated heterocycles. The van der Waals surface area contributed by atoms with E-state index in [1.165, 1.54) is 7.11 Å². The molecule has 0 radical (unpaired) electrons. The Labute approximate surface area is 102 Å². The van der Waals surface area contributed by atoms with Gasteiger partial charge in [-0.1, -0.05) is 18.2 Å². The van der Waals surface area contributed by atoms with Crippen molar-refractivity contribution in [3.63, 3.8) is 0 Å². The molecule has 2 aromatic rings. The van der Waals surface area contributed by atoms with Crippen LogP contribution in [0, 0.1) is 11.3 Å². The zero-order valence-corrected chi connectivity index (χ0v) is 9.58. The molecule has 1 aromatic heterocycles. The normalized spacial score (nSPS) is 10.0. The van der Waals surface area contributed by atoms with Crippen LogP contribution in [0.5, 0.6) is 0 Å². The van der Waals surface area contributed by atoms with Crippen molar-refractivity contribution >= 4 is 16.7 Å². The highest BCUT2D eigenvalue weighted by molar-refractivity contribution is 6.01. The number of benzene rings is 1. The highest BCUT2D eigenvalue weighted by Gasteiger charge is 2.16. The fourth-order valence-corrected chi connectivity index (χ4v) is 1.66. The van der Waals surface area contributed by atoms with Gasteiger partial charge in [0.2, 0.25) is 0 Å². The monoisotopic (exact) mass is 243 g/mol. The highest BCUT2D eigenvalue weighted by Crippen LogP contribution is 2.13. The van der Waals surface area contributed by atoms with Crippen molar-refractivity contribution in [3.8, 4) is 6.07 Å². The summed E-state index contributed by atoms with van der Waals surface area (Å²) < 4.78 is 5.57. The summed E-state index contributed by atoms with van der Waals surface area (Å²) in [6, 6.07) is 8.40. The number of nitriles is 1. The molecule has 0 saturated carbocycles. The van der Waals surface area contributed by atoms with E-state index in [9.17, 15) is 9.59 Å². The van der Waals surface area contributed by atoms with Gasteiger partial charge in [-0.15, -0.1) is 0 Å². The van der Waals surface area contributed by atoms with Gasteiger partial charge in [-0.25, -0.2) is 9.48 Å². The fraction of sp³-hybridized carbons (Fsp3) is 0.167. The minimum Gasteiger partial charge on any atom is -0.464 e. The molecular formula is C12H9N3O3. The average Bonchev–Trinajstić information content (AvgIpc) is 2.41. The Morgan fingerprint density at radius 3 is 2.72 bits per heavy atom. The fourth-order valence-electron chi connectivity index (χ4n) is 1.66. The van der Waals surface area contributed by atoms with Gasteiger partial charge in [0.1, 0.15) is 6.54 Å². The Hall–Kier alpha value is -2.68. The van der Waals surface area contributed by atoms with Gasteiger partial charge in [0.25, 0.3) is 5.56 Å². The smallest absolute Gasteiger partial charge is 0.359 e. The second-order valence-corrected chi connectivity index (χ2v) is 3.51. The maximum atomic E-state index is 12.0. The predicted molar refractivity (Wildman–Crippen MR) is 63.0 cm³/mol. The number of nitrogens with zero attached hydrogens (tertiary/aromatic N) is 3. The van der Waals surface area contributed by atoms with E-state index >= 15 is 0 Å². The molecule has 0 aliphatic rings. The summed E-state index contributed by atoms with van der Waals surface area (Å²) in [7, 11) is 1.23. The summed E-state index contributed by atoms with van der Waals surface area (Å²) in [5.41, 5.74) is -0.372. The predicted octanol–water partition coefficient (Wildman–Crippen LogP) is 0.707. The minimum absolute atomic E-state index is 0.0305. The van der Waals surface area contributed by atoms with E-state index in [0.29, 0.717) is 10.8 Å². The summed E-state index contributed by atoms with van der Waals surface area (Å²) in [6.45, 7) is -0.215. The van der Waals surface area contributed by atoms with Crippen molar-refractivity contribution in [3.05, 3.63) is 40.3 Å². The minimum atomic E-state index is -0.641. The Morgan fingerprint density at radius 1 is 1.44 bits per heavy atom. The number of carbonyl (C=O) groups is 1. The molecular weight excluding hydrogens is 234 g/mol. The molecule has 0 spiro atoms. The molecule has 0 unspecified atom stereocenters. The number of ether oxygens (including phenoxy) is 1. The van der Waals surface area contributed by atoms with Crippen LogP contribution in [0.3, 0.4) is 0 Å². The highest BCUT2D eigenvalue weighted by atomic mass is 16.5. The Bertz CT molecular complexity index is 713. The van der Waals surface area contributed by atoms with Crippen LogP contribution >= 0.6 is 0 Å². The van der Waals surface area contributed by atoms with Crippen molar-refractivity contribution in [2.75, 3.05) is 7.11 Å². The van der Waals surface area contributed by atoms with Crippen LogP contribution in [0.25, 0.3) is 10.8 Å². The first-order valence-electron chi connectivity index (χ1n) is 5.14. The first-order chi connectivity index (χ1) is 8.69. The van der Waals surface area contributed by atoms with Crippen LogP contribution in [0.1, 0.15) is 10.5 Å². The van der Waals surface area contributed by atoms with Gasteiger partial charge in [0.15, 0.2) is 5.69 Å². The van der Waals surface area contributed by atoms with Gasteiger partial charge >= 0.3 is 5.97 Å². The van der Waals surface area contributed by atoms with Gasteiger partial charge in [-0.3, -0.25) is 4.79 Å². The lowest BCUT2D eigenvalue weighted by Gasteiger charge is -2.06. The van der Waals surface area contributed by atoms with Gasteiger partial charge in [-0.05, 0) is 6.07 Å². The Kier molecular flexibility index (Phi) is 3.06. The lowest BCUT2D eigenvalue weighted by molar-refractivity contribution is 0.0593. The number of hydrogen-bond donors (Lipinski definition) is 0. The summed E-state index contributed by atoms with van der Waals surface area (Å²) >= 11 is 0. The van der Waals surface area contributed by atoms with Gasteiger partial charge < -0.3 is 4.74 Å². The maximum absolute atomic E-state index is 12.0. The van der Waals surface area contributed by atoms with Crippen LogP contribution in [-0.2, 0) is 11.3 Å². The molecule has 1 aromatic carbocycles. The third kappa shape index (κ3) is 1.82. The van der Waals surface area contributed by atoms with E-state index in [1.807, 2.05) is 6.07 Å². The van der Waals surface area contributed by atoms with Crippen LogP contribution in [-0.4, -0.2) is 22.9 Å². The number of hydrogen-bond acceptors (Lipinski definition) is 5. The van der Waals surface area contributed by atoms with Crippen molar-refractivity contribution in [1.29, 1.82) is 5.26 Å². The third-order valence-electron chi connectivity index (χ3n) is 2.47. The lowest BCUT2D eigenvalue weighted by Crippen LogP contribution is -2.26. The quantitative estimate of drug-likeness (QED) is 0.725. The lowest BCUT2D eigenvalue weighted by atomic mass is 10.1. The molecule has 90 valence electrons. The summed E-state index contributed by atoms with van der Waals surface area (Å²) in [5.74, 6) is -0.641. The molecule has 0 fully saturated rings. The van der Waals surface area contributed by atoms with E-state index in [0.717, 1.165) is 4.68 Å². The Balaban J connectivity index is 2.85. The van der Waals surface area contributed by atoms with Crippen molar-refractivity contribution < 1.29 is 9.53 Å². The third-order valence-corrected chi connectivity index (χ3v) is 2.47. The van der Waals surface area contributed by atoms with Crippen LogP contribution in [0.15, 0.2) is 29.1 Å². The number of methoxy groups -OCH3 is 1. The molecule has 18 heavy (non-hydrogen) atoms. The standard InChI is InChI=1S/C12H9N3O3/c1-18-12(17)10-8-4-2-3-5-9(8)11(16)15(14-10)7-6-13/h2-5H,7H2,1H3. The second kappa shape index (κ2) is 4.67. The first-order valence-corrected chi connectivity index (χ1v) is 5.14. The SMILES string of the molecule is COC(=O)c1nn(CC#N)c(=O)c2ccccc12. The topological polar surface area (TPSA) is 85.0 Å². The number of fused-ring (bicyclic) bond motifs is 1. The largest absolute Gasteiger partial charge is 0.464 e. The molecule has 2 rings (SSSR count). The Morgan fingerprint density at radius 2 is 2.11 bits per heavy atom. The second-order valence-electron chi connectivity index (χ2n) is 3.51. The molecule has 6 nitrogen and oxygen atoms in total. The van der Waals surface area contributed by atoms with Crippen LogP contribution < -0.4 is 5.56 Å². The first kappa shape index (κ1) is 11.8. The zero-order chi connectivity index (χ0) is 13.1. The number of esters is 1. The number of aromatic nitrogens is 2. The molecule has 0 aliphatic heterocycles. The average molecular weight is 243 g/mol. The maximum Gasteiger partial charge on any atom is 0.359 e. The molecule has 0 bridgehead atoms. The van der Waals surface area contributed by atoms with E-state index in [2.05, 4.69) is 9.84 Å². The molecule has 0 atom stereocenters. The van der Waals surface area contributed by atoms with Crippen molar-refractivity contribution in [2.24, 2.45) is 0 Å². The van der Waals surface area contributed by atoms with Crippen molar-refractivity contribution in [2.45, 2.75) is 6.54 Å². The van der Waals surface area contributed by atoms with Gasteiger partial charge in [-0.2, -0.15) is 10.4 Å². The molecule has 1 heterocycles. The van der Waals surface area contributed by atoms with E-state index in [4.69, 9.17) is 5.26 Å². The van der Waals surface area contributed by atoms with Crippen LogP contribution in [0.2, 0.25) is 0 Å². The van der Waals surface area contributed by atoms with E-state index in [1.54, 1.807) is 24.3 Å². The van der Waals surface area contributed by atoms with E-state index < -0.39 is 11.5 Å². The summed E-state index contributed by atoms with van der Waals surface area (Å²) in [5, 5.41) is 13.3. The molecule has 0 N–H and O–H groups in total. The van der Waals surface area contributed by atoms with E-state index in [-0.39, 0.29) is 12.2 Å². The van der Waals surface area contributed by atoms with Gasteiger partial charge in [0, 0.05) is 5.39 Å². The molecule has 0 aliphatic carbocycles.